The highest BCUT2D eigenvalue weighted by Crippen LogP contribution is 2.26. The molecule has 20 heavy (non-hydrogen) atoms. The van der Waals surface area contributed by atoms with E-state index in [-0.39, 0.29) is 11.5 Å². The van der Waals surface area contributed by atoms with Crippen molar-refractivity contribution in [2.24, 2.45) is 0 Å². The first kappa shape index (κ1) is 16.1. The molecule has 8 nitrogen and oxygen atoms in total. The number of nitrogens with one attached hydrogen (secondary N) is 2. The maximum Gasteiger partial charge on any atom is 0.332 e. The summed E-state index contributed by atoms with van der Waals surface area (Å²) in [5.41, 5.74) is 0.260. The van der Waals surface area contributed by atoms with E-state index in [0.717, 1.165) is 6.42 Å². The molecule has 0 spiro atoms. The van der Waals surface area contributed by atoms with Crippen LogP contribution in [0.25, 0.3) is 0 Å². The number of rotatable bonds is 9. The van der Waals surface area contributed by atoms with E-state index in [0.29, 0.717) is 37.9 Å². The molecule has 0 aliphatic heterocycles. The molecule has 0 bridgehead atoms. The summed E-state index contributed by atoms with van der Waals surface area (Å²) in [7, 11) is 0. The minimum Gasteiger partial charge on any atom is -0.382 e. The summed E-state index contributed by atoms with van der Waals surface area (Å²) >= 11 is 0. The van der Waals surface area contributed by atoms with Crippen LogP contribution in [0.3, 0.4) is 0 Å². The molecule has 0 saturated carbocycles. The second-order valence-electron chi connectivity index (χ2n) is 4.09. The largest absolute Gasteiger partial charge is 0.382 e. The molecular weight excluding hydrogens is 262 g/mol. The van der Waals surface area contributed by atoms with Crippen molar-refractivity contribution < 1.29 is 9.66 Å². The van der Waals surface area contributed by atoms with Gasteiger partial charge < -0.3 is 15.4 Å². The lowest BCUT2D eigenvalue weighted by atomic mass is 10.3. The number of hydrogen-bond donors (Lipinski definition) is 2. The van der Waals surface area contributed by atoms with Gasteiger partial charge in [0.2, 0.25) is 11.8 Å². The third-order valence-electron chi connectivity index (χ3n) is 2.54. The number of aromatic nitrogens is 2. The highest BCUT2D eigenvalue weighted by molar-refractivity contribution is 5.60. The van der Waals surface area contributed by atoms with E-state index >= 15 is 0 Å². The van der Waals surface area contributed by atoms with E-state index in [2.05, 4.69) is 20.6 Å². The molecule has 0 amide bonds. The minimum absolute atomic E-state index is 0.0805. The van der Waals surface area contributed by atoms with Crippen LogP contribution in [0.1, 0.15) is 26.0 Å². The number of nitro groups is 1. The van der Waals surface area contributed by atoms with E-state index in [1.165, 1.54) is 0 Å². The molecule has 0 fully saturated rings. The van der Waals surface area contributed by atoms with Gasteiger partial charge in [-0.3, -0.25) is 10.1 Å². The molecule has 112 valence electrons. The van der Waals surface area contributed by atoms with Crippen molar-refractivity contribution in [1.82, 2.24) is 9.97 Å². The smallest absolute Gasteiger partial charge is 0.332 e. The van der Waals surface area contributed by atoms with E-state index in [1.54, 1.807) is 6.92 Å². The fourth-order valence-corrected chi connectivity index (χ4v) is 1.67. The Hall–Kier alpha value is -1.96. The minimum atomic E-state index is -0.462. The SMILES string of the molecule is CCNc1nc(C)c([N+](=O)[O-])c(NCCCOCC)n1. The standard InChI is InChI=1S/C12H21N5O3/c1-4-13-12-15-9(3)10(17(18)19)11(16-12)14-7-6-8-20-5-2/h4-8H2,1-3H3,(H2,13,14,15,16). The number of hydrogen-bond acceptors (Lipinski definition) is 7. The lowest BCUT2D eigenvalue weighted by Crippen LogP contribution is -2.12. The van der Waals surface area contributed by atoms with Crippen molar-refractivity contribution in [3.05, 3.63) is 15.8 Å². The third kappa shape index (κ3) is 4.61. The van der Waals surface area contributed by atoms with Crippen LogP contribution in [0.5, 0.6) is 0 Å². The molecule has 1 aromatic heterocycles. The zero-order chi connectivity index (χ0) is 15.0. The molecule has 0 saturated heterocycles. The molecule has 0 aliphatic carbocycles. The van der Waals surface area contributed by atoms with Gasteiger partial charge in [0.1, 0.15) is 5.69 Å². The van der Waals surface area contributed by atoms with Crippen LogP contribution in [-0.2, 0) is 4.74 Å². The van der Waals surface area contributed by atoms with Gasteiger partial charge in [-0.05, 0) is 27.2 Å². The zero-order valence-electron chi connectivity index (χ0n) is 12.1. The van der Waals surface area contributed by atoms with E-state index in [9.17, 15) is 10.1 Å². The van der Waals surface area contributed by atoms with Crippen LogP contribution < -0.4 is 10.6 Å². The summed E-state index contributed by atoms with van der Waals surface area (Å²) in [5.74, 6) is 0.637. The first-order valence-corrected chi connectivity index (χ1v) is 6.68. The normalized spacial score (nSPS) is 10.3. The second kappa shape index (κ2) is 8.26. The zero-order valence-corrected chi connectivity index (χ0v) is 12.1. The fourth-order valence-electron chi connectivity index (χ4n) is 1.67. The molecule has 0 atom stereocenters. The van der Waals surface area contributed by atoms with Crippen LogP contribution in [0.4, 0.5) is 17.5 Å². The van der Waals surface area contributed by atoms with Gasteiger partial charge >= 0.3 is 5.69 Å². The van der Waals surface area contributed by atoms with Gasteiger partial charge in [-0.2, -0.15) is 4.98 Å². The van der Waals surface area contributed by atoms with Crippen LogP contribution in [0, 0.1) is 17.0 Å². The van der Waals surface area contributed by atoms with E-state index in [1.807, 2.05) is 13.8 Å². The van der Waals surface area contributed by atoms with Crippen molar-refractivity contribution in [2.75, 3.05) is 36.9 Å². The van der Waals surface area contributed by atoms with Gasteiger partial charge in [0.25, 0.3) is 0 Å². The molecule has 0 aromatic carbocycles. The summed E-state index contributed by atoms with van der Waals surface area (Å²) in [6, 6.07) is 0. The fraction of sp³-hybridized carbons (Fsp3) is 0.667. The van der Waals surface area contributed by atoms with Crippen molar-refractivity contribution in [3.8, 4) is 0 Å². The van der Waals surface area contributed by atoms with E-state index < -0.39 is 4.92 Å². The Morgan fingerprint density at radius 2 is 2.05 bits per heavy atom. The molecule has 8 heteroatoms. The lowest BCUT2D eigenvalue weighted by molar-refractivity contribution is -0.385. The van der Waals surface area contributed by atoms with Crippen LogP contribution in [-0.4, -0.2) is 41.2 Å². The van der Waals surface area contributed by atoms with Crippen molar-refractivity contribution in [2.45, 2.75) is 27.2 Å². The third-order valence-corrected chi connectivity index (χ3v) is 2.54. The van der Waals surface area contributed by atoms with Crippen molar-refractivity contribution in [1.29, 1.82) is 0 Å². The quantitative estimate of drug-likeness (QED) is 0.405. The Morgan fingerprint density at radius 1 is 1.30 bits per heavy atom. The predicted molar refractivity (Wildman–Crippen MR) is 77.2 cm³/mol. The Bertz CT molecular complexity index is 453. The Labute approximate surface area is 118 Å². The summed E-state index contributed by atoms with van der Waals surface area (Å²) in [4.78, 5) is 18.8. The topological polar surface area (TPSA) is 102 Å². The highest BCUT2D eigenvalue weighted by atomic mass is 16.6. The number of anilines is 2. The predicted octanol–water partition coefficient (Wildman–Crippen LogP) is 1.96. The van der Waals surface area contributed by atoms with Crippen molar-refractivity contribution in [3.63, 3.8) is 0 Å². The lowest BCUT2D eigenvalue weighted by Gasteiger charge is -2.10. The molecule has 1 aromatic rings. The van der Waals surface area contributed by atoms with Gasteiger partial charge in [-0.15, -0.1) is 0 Å². The maximum absolute atomic E-state index is 11.1. The molecular formula is C12H21N5O3. The van der Waals surface area contributed by atoms with E-state index in [4.69, 9.17) is 4.74 Å². The van der Waals surface area contributed by atoms with Crippen LogP contribution in [0.2, 0.25) is 0 Å². The summed E-state index contributed by atoms with van der Waals surface area (Å²) in [5, 5.41) is 17.0. The summed E-state index contributed by atoms with van der Waals surface area (Å²) in [6.45, 7) is 7.93. The second-order valence-corrected chi connectivity index (χ2v) is 4.09. The van der Waals surface area contributed by atoms with Crippen molar-refractivity contribution >= 4 is 17.5 Å². The number of aryl methyl sites for hydroxylation is 1. The van der Waals surface area contributed by atoms with Gasteiger partial charge in [-0.1, -0.05) is 0 Å². The summed E-state index contributed by atoms with van der Waals surface area (Å²) < 4.78 is 5.22. The average molecular weight is 283 g/mol. The van der Waals surface area contributed by atoms with Gasteiger partial charge in [-0.25, -0.2) is 4.98 Å². The van der Waals surface area contributed by atoms with Gasteiger partial charge in [0, 0.05) is 26.3 Å². The maximum atomic E-state index is 11.1. The Morgan fingerprint density at radius 3 is 2.65 bits per heavy atom. The monoisotopic (exact) mass is 283 g/mol. The van der Waals surface area contributed by atoms with Gasteiger partial charge in [0.05, 0.1) is 4.92 Å². The molecule has 0 aliphatic rings. The molecule has 2 N–H and O–H groups in total. The highest BCUT2D eigenvalue weighted by Gasteiger charge is 2.21. The Kier molecular flexibility index (Phi) is 6.65. The molecule has 0 unspecified atom stereocenters. The molecule has 1 rings (SSSR count). The first-order valence-electron chi connectivity index (χ1n) is 6.68. The summed E-state index contributed by atoms with van der Waals surface area (Å²) in [6.07, 6.45) is 0.755. The number of nitrogens with zero attached hydrogens (tertiary/aromatic N) is 3. The molecule has 1 heterocycles. The molecule has 0 radical (unpaired) electrons. The average Bonchev–Trinajstić information content (AvgIpc) is 2.38. The van der Waals surface area contributed by atoms with Crippen LogP contribution >= 0.6 is 0 Å². The number of ether oxygens (including phenoxy) is 1. The van der Waals surface area contributed by atoms with Gasteiger partial charge in [0.15, 0.2) is 0 Å². The Balaban J connectivity index is 2.81. The first-order chi connectivity index (χ1) is 9.60. The van der Waals surface area contributed by atoms with Crippen LogP contribution in [0.15, 0.2) is 0 Å².